The first-order chi connectivity index (χ1) is 9.99. The molecule has 1 atom stereocenters. The van der Waals surface area contributed by atoms with Crippen LogP contribution < -0.4 is 11.1 Å². The highest BCUT2D eigenvalue weighted by atomic mass is 16.1. The number of rotatable bonds is 5. The van der Waals surface area contributed by atoms with Gasteiger partial charge in [0.05, 0.1) is 11.1 Å². The van der Waals surface area contributed by atoms with Crippen molar-refractivity contribution in [3.8, 4) is 0 Å². The predicted molar refractivity (Wildman–Crippen MR) is 86.4 cm³/mol. The number of hydrogen-bond donors (Lipinski definition) is 2. The van der Waals surface area contributed by atoms with Crippen molar-refractivity contribution in [2.75, 3.05) is 6.54 Å². The van der Waals surface area contributed by atoms with E-state index in [-0.39, 0.29) is 17.9 Å². The van der Waals surface area contributed by atoms with Crippen LogP contribution >= 0.6 is 0 Å². The van der Waals surface area contributed by atoms with Crippen LogP contribution in [0.2, 0.25) is 0 Å². The molecule has 0 bridgehead atoms. The van der Waals surface area contributed by atoms with Crippen LogP contribution in [-0.2, 0) is 0 Å². The van der Waals surface area contributed by atoms with Crippen molar-refractivity contribution < 1.29 is 4.79 Å². The molecule has 0 aliphatic rings. The number of amides is 1. The van der Waals surface area contributed by atoms with Gasteiger partial charge in [-0.1, -0.05) is 32.0 Å². The lowest BCUT2D eigenvalue weighted by Crippen LogP contribution is -2.29. The molecule has 4 nitrogen and oxygen atoms in total. The fourth-order valence-corrected chi connectivity index (χ4v) is 2.19. The van der Waals surface area contributed by atoms with Crippen LogP contribution in [-0.4, -0.2) is 23.5 Å². The number of hydrogen-bond acceptors (Lipinski definition) is 3. The number of carbonyl (C=O) groups is 1. The maximum atomic E-state index is 12.4. The van der Waals surface area contributed by atoms with Crippen molar-refractivity contribution in [1.29, 1.82) is 0 Å². The molecule has 112 valence electrons. The molecule has 1 aromatic carbocycles. The third-order valence-electron chi connectivity index (χ3n) is 3.46. The van der Waals surface area contributed by atoms with Gasteiger partial charge in [-0.3, -0.25) is 9.78 Å². The van der Waals surface area contributed by atoms with Crippen LogP contribution in [0.1, 0.15) is 49.2 Å². The maximum absolute atomic E-state index is 12.4. The zero-order valence-corrected chi connectivity index (χ0v) is 12.9. The molecule has 1 aromatic heterocycles. The second-order valence-corrected chi connectivity index (χ2v) is 5.79. The van der Waals surface area contributed by atoms with Crippen LogP contribution in [0.5, 0.6) is 0 Å². The van der Waals surface area contributed by atoms with E-state index in [0.29, 0.717) is 12.1 Å². The lowest BCUT2D eigenvalue weighted by Gasteiger charge is -2.12. The van der Waals surface area contributed by atoms with E-state index in [1.807, 2.05) is 37.3 Å². The topological polar surface area (TPSA) is 68.0 Å². The van der Waals surface area contributed by atoms with E-state index in [2.05, 4.69) is 24.1 Å². The first-order valence-electron chi connectivity index (χ1n) is 7.42. The average Bonchev–Trinajstić information content (AvgIpc) is 2.45. The molecular formula is C17H23N3O. The Morgan fingerprint density at radius 3 is 2.67 bits per heavy atom. The highest BCUT2D eigenvalue weighted by molar-refractivity contribution is 6.06. The van der Waals surface area contributed by atoms with Gasteiger partial charge in [-0.25, -0.2) is 0 Å². The van der Waals surface area contributed by atoms with E-state index >= 15 is 0 Å². The summed E-state index contributed by atoms with van der Waals surface area (Å²) < 4.78 is 0. The van der Waals surface area contributed by atoms with Crippen molar-refractivity contribution in [3.05, 3.63) is 41.6 Å². The number of para-hydroxylation sites is 1. The van der Waals surface area contributed by atoms with Gasteiger partial charge >= 0.3 is 0 Å². The van der Waals surface area contributed by atoms with Crippen molar-refractivity contribution in [3.63, 3.8) is 0 Å². The molecule has 0 spiro atoms. The molecule has 1 amide bonds. The largest absolute Gasteiger partial charge is 0.352 e. The molecule has 3 N–H and O–H groups in total. The fourth-order valence-electron chi connectivity index (χ4n) is 2.19. The summed E-state index contributed by atoms with van der Waals surface area (Å²) in [4.78, 5) is 17.1. The standard InChI is InChI=1S/C17H23N3O/c1-11(2)16-10-14(17(21)19-9-8-12(3)18)13-6-4-5-7-15(13)20-16/h4-7,10-12H,8-9,18H2,1-3H3,(H,19,21). The number of nitrogens with two attached hydrogens (primary N) is 1. The van der Waals surface area contributed by atoms with Gasteiger partial charge in [0, 0.05) is 23.7 Å². The van der Waals surface area contributed by atoms with Crippen LogP contribution in [0, 0.1) is 0 Å². The van der Waals surface area contributed by atoms with Gasteiger partial charge in [0.1, 0.15) is 0 Å². The lowest BCUT2D eigenvalue weighted by molar-refractivity contribution is 0.0954. The second kappa shape index (κ2) is 6.68. The summed E-state index contributed by atoms with van der Waals surface area (Å²) in [6, 6.07) is 9.74. The normalized spacial score (nSPS) is 12.6. The third kappa shape index (κ3) is 3.79. The Morgan fingerprint density at radius 2 is 2.00 bits per heavy atom. The molecule has 0 aliphatic heterocycles. The molecule has 0 saturated heterocycles. The molecule has 2 aromatic rings. The van der Waals surface area contributed by atoms with Crippen molar-refractivity contribution >= 4 is 16.8 Å². The molecular weight excluding hydrogens is 262 g/mol. The molecule has 1 unspecified atom stereocenters. The SMILES string of the molecule is CC(N)CCNC(=O)c1cc(C(C)C)nc2ccccc12. The van der Waals surface area contributed by atoms with Crippen LogP contribution in [0.3, 0.4) is 0 Å². The summed E-state index contributed by atoms with van der Waals surface area (Å²) in [7, 11) is 0. The summed E-state index contributed by atoms with van der Waals surface area (Å²) in [6.45, 7) is 6.68. The van der Waals surface area contributed by atoms with Crippen molar-refractivity contribution in [2.24, 2.45) is 5.73 Å². The zero-order valence-electron chi connectivity index (χ0n) is 12.9. The number of pyridine rings is 1. The van der Waals surface area contributed by atoms with E-state index in [0.717, 1.165) is 23.0 Å². The summed E-state index contributed by atoms with van der Waals surface area (Å²) in [5, 5.41) is 3.83. The monoisotopic (exact) mass is 285 g/mol. The Balaban J connectivity index is 2.34. The molecule has 2 rings (SSSR count). The first-order valence-corrected chi connectivity index (χ1v) is 7.42. The van der Waals surface area contributed by atoms with Gasteiger partial charge in [-0.15, -0.1) is 0 Å². The Bertz CT molecular complexity index is 635. The summed E-state index contributed by atoms with van der Waals surface area (Å²) in [5.74, 6) is 0.223. The van der Waals surface area contributed by atoms with E-state index in [1.165, 1.54) is 0 Å². The molecule has 4 heteroatoms. The third-order valence-corrected chi connectivity index (χ3v) is 3.46. The fraction of sp³-hybridized carbons (Fsp3) is 0.412. The summed E-state index contributed by atoms with van der Waals surface area (Å²) in [5.41, 5.74) is 8.20. The average molecular weight is 285 g/mol. The second-order valence-electron chi connectivity index (χ2n) is 5.79. The van der Waals surface area contributed by atoms with Crippen LogP contribution in [0.25, 0.3) is 10.9 Å². The molecule has 21 heavy (non-hydrogen) atoms. The smallest absolute Gasteiger partial charge is 0.252 e. The molecule has 1 heterocycles. The van der Waals surface area contributed by atoms with E-state index in [1.54, 1.807) is 0 Å². The summed E-state index contributed by atoms with van der Waals surface area (Å²) >= 11 is 0. The number of nitrogens with zero attached hydrogens (tertiary/aromatic N) is 1. The molecule has 0 fully saturated rings. The van der Waals surface area contributed by atoms with Gasteiger partial charge in [-0.05, 0) is 31.4 Å². The van der Waals surface area contributed by atoms with E-state index in [9.17, 15) is 4.79 Å². The minimum atomic E-state index is -0.0591. The van der Waals surface area contributed by atoms with Gasteiger partial charge in [0.2, 0.25) is 0 Å². The van der Waals surface area contributed by atoms with Gasteiger partial charge in [0.25, 0.3) is 5.91 Å². The minimum Gasteiger partial charge on any atom is -0.352 e. The zero-order chi connectivity index (χ0) is 15.4. The predicted octanol–water partition coefficient (Wildman–Crippen LogP) is 2.83. The number of benzene rings is 1. The maximum Gasteiger partial charge on any atom is 0.252 e. The molecule has 0 saturated carbocycles. The van der Waals surface area contributed by atoms with Crippen molar-refractivity contribution in [2.45, 2.75) is 39.2 Å². The Kier molecular flexibility index (Phi) is 4.91. The van der Waals surface area contributed by atoms with Gasteiger partial charge in [-0.2, -0.15) is 0 Å². The number of aromatic nitrogens is 1. The van der Waals surface area contributed by atoms with E-state index in [4.69, 9.17) is 5.73 Å². The quantitative estimate of drug-likeness (QED) is 0.887. The lowest BCUT2D eigenvalue weighted by atomic mass is 10.0. The number of fused-ring (bicyclic) bond motifs is 1. The Hall–Kier alpha value is -1.94. The van der Waals surface area contributed by atoms with Gasteiger partial charge < -0.3 is 11.1 Å². The highest BCUT2D eigenvalue weighted by Crippen LogP contribution is 2.22. The van der Waals surface area contributed by atoms with Crippen LogP contribution in [0.15, 0.2) is 30.3 Å². The molecule has 0 radical (unpaired) electrons. The Morgan fingerprint density at radius 1 is 1.29 bits per heavy atom. The van der Waals surface area contributed by atoms with Gasteiger partial charge in [0.15, 0.2) is 0 Å². The number of nitrogens with one attached hydrogen (secondary N) is 1. The first kappa shape index (κ1) is 15.4. The molecule has 0 aliphatic carbocycles. The van der Waals surface area contributed by atoms with Crippen LogP contribution in [0.4, 0.5) is 0 Å². The summed E-state index contributed by atoms with van der Waals surface area (Å²) in [6.07, 6.45) is 0.770. The van der Waals surface area contributed by atoms with Crippen molar-refractivity contribution in [1.82, 2.24) is 10.3 Å². The number of carbonyl (C=O) groups excluding carboxylic acids is 1. The highest BCUT2D eigenvalue weighted by Gasteiger charge is 2.14. The minimum absolute atomic E-state index is 0.0591. The van der Waals surface area contributed by atoms with E-state index < -0.39 is 0 Å². The Labute approximate surface area is 125 Å².